The summed E-state index contributed by atoms with van der Waals surface area (Å²) in [5, 5.41) is 0.795. The van der Waals surface area contributed by atoms with E-state index in [1.807, 2.05) is 24.3 Å². The number of aryl methyl sites for hydroxylation is 1. The molecule has 0 saturated carbocycles. The van der Waals surface area contributed by atoms with Crippen molar-refractivity contribution in [1.29, 1.82) is 0 Å². The number of aliphatic imine (C=N–C) groups is 1. The Morgan fingerprint density at radius 2 is 2.12 bits per heavy atom. The summed E-state index contributed by atoms with van der Waals surface area (Å²) in [6.07, 6.45) is 15.8. The zero-order chi connectivity index (χ0) is 17.8. The van der Waals surface area contributed by atoms with Gasteiger partial charge in [0, 0.05) is 17.6 Å². The average Bonchev–Trinajstić information content (AvgIpc) is 2.57. The Kier molecular flexibility index (Phi) is 10.1. The van der Waals surface area contributed by atoms with E-state index in [1.165, 1.54) is 22.7 Å². The fourth-order valence-electron chi connectivity index (χ4n) is 1.91. The predicted octanol–water partition coefficient (Wildman–Crippen LogP) is 6.84. The summed E-state index contributed by atoms with van der Waals surface area (Å²) < 4.78 is 13.2. The molecule has 1 aromatic carbocycles. The summed E-state index contributed by atoms with van der Waals surface area (Å²) in [5.41, 5.74) is 2.34. The van der Waals surface area contributed by atoms with Crippen molar-refractivity contribution >= 4 is 29.3 Å². The molecule has 0 fully saturated rings. The first-order valence-corrected chi connectivity index (χ1v) is 9.32. The van der Waals surface area contributed by atoms with Crippen LogP contribution >= 0.6 is 23.4 Å². The van der Waals surface area contributed by atoms with E-state index in [4.69, 9.17) is 11.6 Å². The van der Waals surface area contributed by atoms with Gasteiger partial charge in [0.1, 0.15) is 0 Å². The van der Waals surface area contributed by atoms with Gasteiger partial charge in [0.15, 0.2) is 0 Å². The van der Waals surface area contributed by atoms with Crippen LogP contribution < -0.4 is 0 Å². The number of hydrogen-bond acceptors (Lipinski definition) is 2. The van der Waals surface area contributed by atoms with Crippen LogP contribution in [0.3, 0.4) is 0 Å². The summed E-state index contributed by atoms with van der Waals surface area (Å²) in [5.74, 6) is -0.490. The van der Waals surface area contributed by atoms with Gasteiger partial charge in [-0.05, 0) is 49.1 Å². The van der Waals surface area contributed by atoms with Crippen molar-refractivity contribution < 1.29 is 4.39 Å². The van der Waals surface area contributed by atoms with E-state index in [-0.39, 0.29) is 0 Å². The predicted molar refractivity (Wildman–Crippen MR) is 108 cm³/mol. The first-order chi connectivity index (χ1) is 11.6. The summed E-state index contributed by atoms with van der Waals surface area (Å²) >= 11 is 7.95. The van der Waals surface area contributed by atoms with Gasteiger partial charge in [0.2, 0.25) is 5.97 Å². The van der Waals surface area contributed by atoms with Crippen molar-refractivity contribution in [3.05, 3.63) is 81.9 Å². The summed E-state index contributed by atoms with van der Waals surface area (Å²) in [4.78, 5) is 4.82. The SMILES string of the molecule is C\C=C/N=C(F)\C=C\C/C=C/C=C(/Cc1cc(C)ccc1Cl)SC. The Morgan fingerprint density at radius 1 is 1.33 bits per heavy atom. The summed E-state index contributed by atoms with van der Waals surface area (Å²) in [6, 6.07) is 6.07. The molecule has 0 amide bonds. The molecule has 0 aliphatic carbocycles. The number of hydrogen-bond donors (Lipinski definition) is 0. The molecule has 0 aliphatic heterocycles. The standard InChI is InChI=1S/C20H23ClFNS/c1-4-13-23-20(22)10-8-6-5-7-9-18(24-3)15-17-14-16(2)11-12-19(17)21/h4-5,7-14H,6,15H2,1-3H3/b7-5+,10-8+,13-4-,18-9-,23-20+. The van der Waals surface area contributed by atoms with Crippen molar-refractivity contribution in [2.75, 3.05) is 6.26 Å². The van der Waals surface area contributed by atoms with Crippen LogP contribution in [0.5, 0.6) is 0 Å². The second-order valence-electron chi connectivity index (χ2n) is 5.11. The van der Waals surface area contributed by atoms with Gasteiger partial charge < -0.3 is 0 Å². The van der Waals surface area contributed by atoms with Gasteiger partial charge in [0.05, 0.1) is 0 Å². The van der Waals surface area contributed by atoms with E-state index in [0.717, 1.165) is 17.0 Å². The number of rotatable bonds is 8. The Bertz CT molecular complexity index is 672. The normalized spacial score (nSPS) is 13.7. The molecular weight excluding hydrogens is 341 g/mol. The summed E-state index contributed by atoms with van der Waals surface area (Å²) in [6.45, 7) is 3.86. The van der Waals surface area contributed by atoms with Crippen molar-refractivity contribution in [2.45, 2.75) is 26.7 Å². The van der Waals surface area contributed by atoms with Gasteiger partial charge in [-0.15, -0.1) is 11.8 Å². The molecule has 128 valence electrons. The highest BCUT2D eigenvalue weighted by Crippen LogP contribution is 2.24. The minimum absolute atomic E-state index is 0.490. The zero-order valence-corrected chi connectivity index (χ0v) is 15.9. The minimum Gasteiger partial charge on any atom is -0.229 e. The van der Waals surface area contributed by atoms with Crippen LogP contribution in [-0.2, 0) is 6.42 Å². The van der Waals surface area contributed by atoms with Gasteiger partial charge >= 0.3 is 0 Å². The van der Waals surface area contributed by atoms with Gasteiger partial charge in [-0.25, -0.2) is 4.99 Å². The lowest BCUT2D eigenvalue weighted by Gasteiger charge is -2.07. The maximum Gasteiger partial charge on any atom is 0.212 e. The van der Waals surface area contributed by atoms with Crippen LogP contribution in [-0.4, -0.2) is 12.2 Å². The molecule has 0 unspecified atom stereocenters. The Balaban J connectivity index is 2.60. The first-order valence-electron chi connectivity index (χ1n) is 7.72. The largest absolute Gasteiger partial charge is 0.229 e. The molecule has 24 heavy (non-hydrogen) atoms. The van der Waals surface area contributed by atoms with Gasteiger partial charge in [-0.2, -0.15) is 4.39 Å². The molecule has 0 radical (unpaired) electrons. The number of nitrogens with zero attached hydrogens (tertiary/aromatic N) is 1. The van der Waals surface area contributed by atoms with E-state index in [2.05, 4.69) is 30.3 Å². The van der Waals surface area contributed by atoms with Crippen LogP contribution in [0.2, 0.25) is 5.02 Å². The van der Waals surface area contributed by atoms with Gasteiger partial charge in [-0.3, -0.25) is 0 Å². The number of allylic oxidation sites excluding steroid dienone is 7. The van der Waals surface area contributed by atoms with Crippen LogP contribution in [0, 0.1) is 6.92 Å². The van der Waals surface area contributed by atoms with Crippen molar-refractivity contribution in [3.8, 4) is 0 Å². The van der Waals surface area contributed by atoms with Crippen molar-refractivity contribution in [1.82, 2.24) is 0 Å². The van der Waals surface area contributed by atoms with Crippen LogP contribution in [0.1, 0.15) is 24.5 Å². The molecule has 4 heteroatoms. The lowest BCUT2D eigenvalue weighted by atomic mass is 10.1. The van der Waals surface area contributed by atoms with Gasteiger partial charge in [0.25, 0.3) is 0 Å². The van der Waals surface area contributed by atoms with E-state index < -0.39 is 5.97 Å². The van der Waals surface area contributed by atoms with Crippen molar-refractivity contribution in [2.24, 2.45) is 4.99 Å². The summed E-state index contributed by atoms with van der Waals surface area (Å²) in [7, 11) is 0. The van der Waals surface area contributed by atoms with E-state index in [1.54, 1.807) is 30.8 Å². The molecule has 0 N–H and O–H groups in total. The molecule has 0 aromatic heterocycles. The Morgan fingerprint density at radius 3 is 2.83 bits per heavy atom. The molecule has 0 aliphatic rings. The molecule has 0 atom stereocenters. The fourth-order valence-corrected chi connectivity index (χ4v) is 2.61. The smallest absolute Gasteiger partial charge is 0.212 e. The molecule has 1 rings (SSSR count). The molecule has 0 spiro atoms. The quantitative estimate of drug-likeness (QED) is 0.363. The van der Waals surface area contributed by atoms with E-state index in [9.17, 15) is 4.39 Å². The third-order valence-electron chi connectivity index (χ3n) is 3.12. The van der Waals surface area contributed by atoms with Crippen LogP contribution in [0.15, 0.2) is 70.8 Å². The van der Waals surface area contributed by atoms with Crippen LogP contribution in [0.4, 0.5) is 4.39 Å². The molecular formula is C20H23ClFNS. The molecule has 1 nitrogen and oxygen atoms in total. The highest BCUT2D eigenvalue weighted by atomic mass is 35.5. The fraction of sp³-hybridized carbons (Fsp3) is 0.250. The molecule has 0 saturated heterocycles. The molecule has 1 aromatic rings. The van der Waals surface area contributed by atoms with Gasteiger partial charge in [-0.1, -0.05) is 59.7 Å². The van der Waals surface area contributed by atoms with E-state index >= 15 is 0 Å². The monoisotopic (exact) mass is 363 g/mol. The average molecular weight is 364 g/mol. The maximum atomic E-state index is 13.2. The minimum atomic E-state index is -0.490. The molecule has 0 bridgehead atoms. The second-order valence-corrected chi connectivity index (χ2v) is 6.45. The topological polar surface area (TPSA) is 12.4 Å². The van der Waals surface area contributed by atoms with Crippen molar-refractivity contribution in [3.63, 3.8) is 0 Å². The number of thioether (sulfide) groups is 1. The Hall–Kier alpha value is -1.58. The van der Waals surface area contributed by atoms with E-state index in [0.29, 0.717) is 6.42 Å². The third kappa shape index (κ3) is 8.32. The number of halogens is 2. The first kappa shape index (κ1) is 20.5. The molecule has 0 heterocycles. The zero-order valence-electron chi connectivity index (χ0n) is 14.3. The maximum absolute atomic E-state index is 13.2. The second kappa shape index (κ2) is 11.9. The third-order valence-corrected chi connectivity index (χ3v) is 4.29. The number of benzene rings is 1. The highest BCUT2D eigenvalue weighted by molar-refractivity contribution is 8.02. The lowest BCUT2D eigenvalue weighted by Crippen LogP contribution is -1.89. The lowest BCUT2D eigenvalue weighted by molar-refractivity contribution is 0.812. The Labute approximate surface area is 153 Å². The van der Waals surface area contributed by atoms with Crippen LogP contribution in [0.25, 0.3) is 0 Å². The highest BCUT2D eigenvalue weighted by Gasteiger charge is 2.03.